The topological polar surface area (TPSA) is 0 Å². The van der Waals surface area contributed by atoms with Crippen molar-refractivity contribution in [3.63, 3.8) is 0 Å². The van der Waals surface area contributed by atoms with E-state index < -0.39 is 0 Å². The van der Waals surface area contributed by atoms with Crippen LogP contribution in [0.4, 0.5) is 0 Å². The summed E-state index contributed by atoms with van der Waals surface area (Å²) >= 11 is 0. The van der Waals surface area contributed by atoms with E-state index in [-0.39, 0.29) is 108 Å². The van der Waals surface area contributed by atoms with Crippen molar-refractivity contribution in [2.45, 2.75) is 0 Å². The normalized spacial score (nSPS) is 0. The molecule has 0 aromatic heterocycles. The average molecular weight is 265 g/mol. The molecule has 0 N–H and O–H groups in total. The molecule has 0 heterocycles. The van der Waals surface area contributed by atoms with Gasteiger partial charge in [0.1, 0.15) is 0 Å². The molecule has 0 aliphatic carbocycles. The van der Waals surface area contributed by atoms with Gasteiger partial charge in [0.2, 0.25) is 0 Å². The maximum absolute atomic E-state index is 0. The van der Waals surface area contributed by atoms with Gasteiger partial charge in [-0.1, -0.05) is 0 Å². The Hall–Kier alpha value is 3.18. The van der Waals surface area contributed by atoms with Gasteiger partial charge in [-0.3, -0.25) is 0 Å². The third-order valence-electron chi connectivity index (χ3n) is 0. The van der Waals surface area contributed by atoms with Crippen molar-refractivity contribution in [2.75, 3.05) is 0 Å². The Morgan fingerprint density at radius 2 is 1.17 bits per heavy atom. The van der Waals surface area contributed by atoms with Gasteiger partial charge >= 0.3 is 23.1 Å². The number of hydrogen-bond acceptors (Lipinski definition) is 0. The van der Waals surface area contributed by atoms with E-state index in [1.807, 2.05) is 0 Å². The second-order valence-electron chi connectivity index (χ2n) is 0. The van der Waals surface area contributed by atoms with Crippen LogP contribution in [0.5, 0.6) is 0 Å². The first-order chi connectivity index (χ1) is 0. The first-order valence-electron chi connectivity index (χ1n) is 0. The number of rotatable bonds is 0. The molecule has 0 amide bonds. The summed E-state index contributed by atoms with van der Waals surface area (Å²) in [5, 5.41) is 0. The fourth-order valence-corrected chi connectivity index (χ4v) is 0. The van der Waals surface area contributed by atoms with Gasteiger partial charge in [-0.25, -0.2) is 0 Å². The first kappa shape index (κ1) is 60.8. The molecular weight excluding hydrogens is 256 g/mol. The van der Waals surface area contributed by atoms with Gasteiger partial charge in [0, 0.05) is 53.6 Å². The predicted molar refractivity (Wildman–Crippen MR) is 29.3 cm³/mol. The Balaban J connectivity index is 0. The van der Waals surface area contributed by atoms with Crippen LogP contribution in [-0.4, -0.2) is 51.4 Å². The Labute approximate surface area is 106 Å². The van der Waals surface area contributed by atoms with Crippen LogP contribution in [0.15, 0.2) is 0 Å². The van der Waals surface area contributed by atoms with Crippen LogP contribution in [0.1, 0.15) is 2.85 Å². The molecule has 0 fully saturated rings. The molecule has 0 unspecified atom stereocenters. The molecule has 0 aliphatic heterocycles. The predicted octanol–water partition coefficient (Wildman–Crippen LogP) is -2.80. The fraction of sp³-hybridized carbons (Fsp3) is 0. The van der Waals surface area contributed by atoms with Gasteiger partial charge in [-0.05, 0) is 11.0 Å². The Morgan fingerprint density at radius 1 is 1.17 bits per heavy atom. The van der Waals surface area contributed by atoms with Crippen molar-refractivity contribution in [3.05, 3.63) is 0 Å². The molecule has 0 aromatic rings. The zero-order chi connectivity index (χ0) is 0. The molecule has 6 heavy (non-hydrogen) atoms. The minimum Gasteiger partial charge on any atom is -1.00 e. The van der Waals surface area contributed by atoms with Crippen LogP contribution in [0.2, 0.25) is 0 Å². The second-order valence-corrected chi connectivity index (χ2v) is 0. The summed E-state index contributed by atoms with van der Waals surface area (Å²) in [6, 6.07) is 0. The van der Waals surface area contributed by atoms with Gasteiger partial charge in [-0.2, -0.15) is 0 Å². The van der Waals surface area contributed by atoms with Gasteiger partial charge in [0.15, 0.2) is 17.4 Å². The zero-order valence-electron chi connectivity index (χ0n) is 4.15. The van der Waals surface area contributed by atoms with Crippen LogP contribution in [-0.2, 0) is 53.6 Å². The van der Waals surface area contributed by atoms with Crippen LogP contribution in [0, 0.1) is 0 Å². The molecule has 35 valence electrons. The molecule has 0 spiro atoms. The molecule has 0 aliphatic rings. The molecule has 0 saturated carbocycles. The van der Waals surface area contributed by atoms with E-state index in [1.54, 1.807) is 0 Å². The Bertz CT molecular complexity index is 22.0. The fourth-order valence-electron chi connectivity index (χ4n) is 0. The maximum Gasteiger partial charge on any atom is 2.00 e. The first-order valence-corrected chi connectivity index (χ1v) is 0. The van der Waals surface area contributed by atoms with E-state index >= 15 is 0 Å². The molecule has 0 atom stereocenters. The molecule has 6 heteroatoms. The maximum atomic E-state index is 0. The molecule has 0 saturated heterocycles. The molecule has 0 nitrogen and oxygen atoms in total. The third kappa shape index (κ3) is 27.1. The van der Waals surface area contributed by atoms with Crippen LogP contribution >= 0.6 is 0 Å². The molecule has 1 radical (unpaired) electrons. The average Bonchev–Trinajstić information content (AvgIpc) is 0. The van der Waals surface area contributed by atoms with Crippen LogP contribution in [0.25, 0.3) is 0 Å². The molecule has 0 rings (SSSR count). The van der Waals surface area contributed by atoms with Crippen molar-refractivity contribution >= 4 is 51.4 Å². The van der Waals surface area contributed by atoms with Gasteiger partial charge in [0.05, 0.1) is 0 Å². The van der Waals surface area contributed by atoms with E-state index in [1.165, 1.54) is 0 Å². The van der Waals surface area contributed by atoms with Crippen molar-refractivity contribution in [3.8, 4) is 0 Å². The minimum atomic E-state index is 0. The quantitative estimate of drug-likeness (QED) is 0.415. The molecule has 0 bridgehead atoms. The van der Waals surface area contributed by atoms with Crippen molar-refractivity contribution in [2.24, 2.45) is 0 Å². The molecule has 0 aromatic carbocycles. The van der Waals surface area contributed by atoms with Crippen molar-refractivity contribution in [1.29, 1.82) is 0 Å². The second kappa shape index (κ2) is 41.7. The zero-order valence-corrected chi connectivity index (χ0v) is 8.81. The SMILES string of the molecule is [AlH3].[Fe].[H-].[H-].[Mg+2].[Mn].[SiH4].[Zn]. The van der Waals surface area contributed by atoms with Crippen molar-refractivity contribution in [1.82, 2.24) is 0 Å². The van der Waals surface area contributed by atoms with E-state index in [4.69, 9.17) is 0 Å². The summed E-state index contributed by atoms with van der Waals surface area (Å²) in [4.78, 5) is 0. The molecular formula is H9AlFeMgMnSiZn. The van der Waals surface area contributed by atoms with Crippen molar-refractivity contribution < 1.29 is 56.5 Å². The monoisotopic (exact) mass is 263 g/mol. The van der Waals surface area contributed by atoms with E-state index in [2.05, 4.69) is 0 Å². The summed E-state index contributed by atoms with van der Waals surface area (Å²) in [6.07, 6.45) is 0. The van der Waals surface area contributed by atoms with E-state index in [0.29, 0.717) is 0 Å². The standard InChI is InChI=1S/Al.Fe.Mg.Mn.H4Si.Zn.5H/h;;;;1H4;;;;;;/q;;+2;;;;;;;2*-1. The minimum absolute atomic E-state index is 0. The summed E-state index contributed by atoms with van der Waals surface area (Å²) < 4.78 is 0. The van der Waals surface area contributed by atoms with E-state index in [9.17, 15) is 0 Å². The third-order valence-corrected chi connectivity index (χ3v) is 0. The van der Waals surface area contributed by atoms with E-state index in [0.717, 1.165) is 0 Å². The van der Waals surface area contributed by atoms with Crippen LogP contribution in [0.3, 0.4) is 0 Å². The summed E-state index contributed by atoms with van der Waals surface area (Å²) in [6.45, 7) is 0. The van der Waals surface area contributed by atoms with Gasteiger partial charge < -0.3 is 2.85 Å². The van der Waals surface area contributed by atoms with Crippen LogP contribution < -0.4 is 0 Å². The summed E-state index contributed by atoms with van der Waals surface area (Å²) in [5.41, 5.74) is 0. The smallest absolute Gasteiger partial charge is 1.00 e. The van der Waals surface area contributed by atoms with Gasteiger partial charge in [0.25, 0.3) is 0 Å². The Morgan fingerprint density at radius 3 is 1.17 bits per heavy atom. The summed E-state index contributed by atoms with van der Waals surface area (Å²) in [7, 11) is 0. The number of hydrogen-bond donors (Lipinski definition) is 0. The Kier molecular flexibility index (Phi) is 423. The summed E-state index contributed by atoms with van der Waals surface area (Å²) in [5.74, 6) is 0. The largest absolute Gasteiger partial charge is 2.00 e. The van der Waals surface area contributed by atoms with Gasteiger partial charge in [-0.15, -0.1) is 0 Å².